The van der Waals surface area contributed by atoms with Crippen LogP contribution >= 0.6 is 0 Å². The number of benzene rings is 1. The molecule has 80 valence electrons. The maximum absolute atomic E-state index is 5.24. The van der Waals surface area contributed by atoms with E-state index >= 15 is 0 Å². The van der Waals surface area contributed by atoms with Gasteiger partial charge in [-0.1, -0.05) is 6.07 Å². The summed E-state index contributed by atoms with van der Waals surface area (Å²) in [4.78, 5) is 7.84. The first-order chi connectivity index (χ1) is 7.11. The Morgan fingerprint density at radius 1 is 1.33 bits per heavy atom. The lowest BCUT2D eigenvalue weighted by molar-refractivity contribution is 0.113. The quantitative estimate of drug-likeness (QED) is 0.816. The van der Waals surface area contributed by atoms with Crippen molar-refractivity contribution in [3.05, 3.63) is 29.1 Å². The summed E-state index contributed by atoms with van der Waals surface area (Å²) in [6, 6.07) is 4.26. The largest absolute Gasteiger partial charge is 0.374 e. The molecule has 0 spiro atoms. The van der Waals surface area contributed by atoms with E-state index in [0.717, 1.165) is 16.9 Å². The van der Waals surface area contributed by atoms with Gasteiger partial charge < -0.3 is 9.72 Å². The Morgan fingerprint density at radius 2 is 2.07 bits per heavy atom. The summed E-state index contributed by atoms with van der Waals surface area (Å²) in [6.45, 7) is 6.16. The minimum Gasteiger partial charge on any atom is -0.374 e. The molecule has 0 aliphatic carbocycles. The van der Waals surface area contributed by atoms with Crippen LogP contribution < -0.4 is 0 Å². The molecule has 0 fully saturated rings. The van der Waals surface area contributed by atoms with Crippen LogP contribution in [0.1, 0.15) is 30.0 Å². The number of methoxy groups -OCH3 is 1. The van der Waals surface area contributed by atoms with Gasteiger partial charge in [-0.3, -0.25) is 0 Å². The third kappa shape index (κ3) is 1.75. The van der Waals surface area contributed by atoms with E-state index in [1.54, 1.807) is 7.11 Å². The van der Waals surface area contributed by atoms with Crippen LogP contribution in [0, 0.1) is 13.8 Å². The highest BCUT2D eigenvalue weighted by atomic mass is 16.5. The summed E-state index contributed by atoms with van der Waals surface area (Å²) in [5.41, 5.74) is 4.59. The molecule has 0 saturated carbocycles. The second-order valence-electron chi connectivity index (χ2n) is 3.98. The van der Waals surface area contributed by atoms with E-state index in [1.807, 2.05) is 6.92 Å². The van der Waals surface area contributed by atoms with Gasteiger partial charge >= 0.3 is 0 Å². The molecule has 0 unspecified atom stereocenters. The molecule has 0 saturated heterocycles. The second kappa shape index (κ2) is 3.66. The molecule has 0 radical (unpaired) electrons. The number of nitrogens with zero attached hydrogens (tertiary/aromatic N) is 1. The van der Waals surface area contributed by atoms with Crippen molar-refractivity contribution in [1.82, 2.24) is 9.97 Å². The van der Waals surface area contributed by atoms with Crippen molar-refractivity contribution in [2.75, 3.05) is 7.11 Å². The van der Waals surface area contributed by atoms with Gasteiger partial charge in [-0.05, 0) is 38.0 Å². The van der Waals surface area contributed by atoms with Crippen LogP contribution in [0.4, 0.5) is 0 Å². The van der Waals surface area contributed by atoms with E-state index in [9.17, 15) is 0 Å². The Hall–Kier alpha value is -1.35. The van der Waals surface area contributed by atoms with Crippen molar-refractivity contribution in [1.29, 1.82) is 0 Å². The zero-order chi connectivity index (χ0) is 11.0. The molecule has 15 heavy (non-hydrogen) atoms. The van der Waals surface area contributed by atoms with E-state index in [4.69, 9.17) is 4.74 Å². The first-order valence-corrected chi connectivity index (χ1v) is 5.11. The average Bonchev–Trinajstić information content (AvgIpc) is 2.60. The Kier molecular flexibility index (Phi) is 2.49. The van der Waals surface area contributed by atoms with E-state index < -0.39 is 0 Å². The van der Waals surface area contributed by atoms with Gasteiger partial charge in [0.15, 0.2) is 0 Å². The number of nitrogens with one attached hydrogen (secondary N) is 1. The number of hydrogen-bond acceptors (Lipinski definition) is 2. The van der Waals surface area contributed by atoms with E-state index in [0.29, 0.717) is 0 Å². The summed E-state index contributed by atoms with van der Waals surface area (Å²) in [7, 11) is 1.69. The molecule has 2 rings (SSSR count). The highest BCUT2D eigenvalue weighted by molar-refractivity contribution is 5.79. The van der Waals surface area contributed by atoms with Crippen LogP contribution in [0.5, 0.6) is 0 Å². The minimum atomic E-state index is 0.0112. The summed E-state index contributed by atoms with van der Waals surface area (Å²) >= 11 is 0. The molecule has 0 aliphatic rings. The van der Waals surface area contributed by atoms with Gasteiger partial charge in [0, 0.05) is 7.11 Å². The van der Waals surface area contributed by atoms with Gasteiger partial charge in [0.05, 0.1) is 11.0 Å². The van der Waals surface area contributed by atoms with Crippen LogP contribution in [0.25, 0.3) is 11.0 Å². The predicted octanol–water partition coefficient (Wildman–Crippen LogP) is 2.89. The summed E-state index contributed by atoms with van der Waals surface area (Å²) < 4.78 is 5.24. The summed E-state index contributed by atoms with van der Waals surface area (Å²) in [5, 5.41) is 0. The lowest BCUT2D eigenvalue weighted by Crippen LogP contribution is -1.97. The lowest BCUT2D eigenvalue weighted by Gasteiger charge is -2.03. The average molecular weight is 204 g/mol. The van der Waals surface area contributed by atoms with Gasteiger partial charge in [0.2, 0.25) is 0 Å². The van der Waals surface area contributed by atoms with Crippen LogP contribution in [0.15, 0.2) is 12.1 Å². The van der Waals surface area contributed by atoms with Crippen LogP contribution in [-0.2, 0) is 4.74 Å². The smallest absolute Gasteiger partial charge is 0.136 e. The SMILES string of the molecule is CO[C@@H](C)c1nc2c(C)cc(C)cc2[nH]1. The molecule has 1 heterocycles. The van der Waals surface area contributed by atoms with Crippen molar-refractivity contribution in [3.63, 3.8) is 0 Å². The Balaban J connectivity index is 2.60. The lowest BCUT2D eigenvalue weighted by atomic mass is 10.1. The summed E-state index contributed by atoms with van der Waals surface area (Å²) in [6.07, 6.45) is 0.0112. The zero-order valence-corrected chi connectivity index (χ0v) is 9.59. The van der Waals surface area contributed by atoms with Crippen molar-refractivity contribution in [2.24, 2.45) is 0 Å². The molecule has 1 aromatic carbocycles. The molecular weight excluding hydrogens is 188 g/mol. The number of aryl methyl sites for hydroxylation is 2. The van der Waals surface area contributed by atoms with Gasteiger partial charge in [-0.2, -0.15) is 0 Å². The number of rotatable bonds is 2. The molecule has 3 nitrogen and oxygen atoms in total. The highest BCUT2D eigenvalue weighted by Gasteiger charge is 2.10. The van der Waals surface area contributed by atoms with Gasteiger partial charge in [-0.15, -0.1) is 0 Å². The monoisotopic (exact) mass is 204 g/mol. The zero-order valence-electron chi connectivity index (χ0n) is 9.59. The van der Waals surface area contributed by atoms with Crippen molar-refractivity contribution in [2.45, 2.75) is 26.9 Å². The van der Waals surface area contributed by atoms with Gasteiger partial charge in [0.1, 0.15) is 11.9 Å². The second-order valence-corrected chi connectivity index (χ2v) is 3.98. The first-order valence-electron chi connectivity index (χ1n) is 5.11. The van der Waals surface area contributed by atoms with Crippen LogP contribution in [-0.4, -0.2) is 17.1 Å². The molecule has 2 aromatic rings. The standard InChI is InChI=1S/C12H16N2O/c1-7-5-8(2)11-10(6-7)13-12(14-11)9(3)15-4/h5-6,9H,1-4H3,(H,13,14)/t9-/m0/s1. The van der Waals surface area contributed by atoms with Gasteiger partial charge in [-0.25, -0.2) is 4.98 Å². The Bertz CT molecular complexity index is 488. The number of ether oxygens (including phenoxy) is 1. The number of H-pyrrole nitrogens is 1. The Labute approximate surface area is 89.5 Å². The van der Waals surface area contributed by atoms with E-state index in [1.165, 1.54) is 11.1 Å². The molecule has 1 N–H and O–H groups in total. The number of fused-ring (bicyclic) bond motifs is 1. The number of aromatic nitrogens is 2. The highest BCUT2D eigenvalue weighted by Crippen LogP contribution is 2.21. The predicted molar refractivity (Wildman–Crippen MR) is 61.0 cm³/mol. The molecule has 0 aliphatic heterocycles. The molecule has 0 bridgehead atoms. The van der Waals surface area contributed by atoms with Crippen molar-refractivity contribution < 1.29 is 4.74 Å². The number of aromatic amines is 1. The van der Waals surface area contributed by atoms with E-state index in [-0.39, 0.29) is 6.10 Å². The first kappa shape index (κ1) is 10.2. The minimum absolute atomic E-state index is 0.0112. The van der Waals surface area contributed by atoms with Crippen molar-refractivity contribution >= 4 is 11.0 Å². The molecular formula is C12H16N2O. The fourth-order valence-corrected chi connectivity index (χ4v) is 1.79. The molecule has 1 atom stereocenters. The third-order valence-electron chi connectivity index (χ3n) is 2.68. The van der Waals surface area contributed by atoms with Gasteiger partial charge in [0.25, 0.3) is 0 Å². The molecule has 3 heteroatoms. The Morgan fingerprint density at radius 3 is 2.73 bits per heavy atom. The topological polar surface area (TPSA) is 37.9 Å². The normalized spacial score (nSPS) is 13.3. The fraction of sp³-hybridized carbons (Fsp3) is 0.417. The summed E-state index contributed by atoms with van der Waals surface area (Å²) in [5.74, 6) is 0.890. The maximum atomic E-state index is 5.24. The van der Waals surface area contributed by atoms with Crippen LogP contribution in [0.2, 0.25) is 0 Å². The number of hydrogen-bond donors (Lipinski definition) is 1. The third-order valence-corrected chi connectivity index (χ3v) is 2.68. The number of imidazole rings is 1. The van der Waals surface area contributed by atoms with Crippen molar-refractivity contribution in [3.8, 4) is 0 Å². The van der Waals surface area contributed by atoms with Crippen LogP contribution in [0.3, 0.4) is 0 Å². The fourth-order valence-electron chi connectivity index (χ4n) is 1.79. The maximum Gasteiger partial charge on any atom is 0.136 e. The molecule has 1 aromatic heterocycles. The van der Waals surface area contributed by atoms with E-state index in [2.05, 4.69) is 35.9 Å². The molecule has 0 amide bonds.